The molecule has 0 fully saturated rings. The van der Waals surface area contributed by atoms with E-state index >= 15 is 0 Å². The first kappa shape index (κ1) is 18.6. The number of rotatable bonds is 5. The molecule has 0 unspecified atom stereocenters. The average molecular weight is 406 g/mol. The van der Waals surface area contributed by atoms with E-state index in [1.54, 1.807) is 17.3 Å². The Morgan fingerprint density at radius 1 is 1.23 bits per heavy atom. The third-order valence-electron chi connectivity index (χ3n) is 3.73. The quantitative estimate of drug-likeness (QED) is 0.665. The summed E-state index contributed by atoms with van der Waals surface area (Å²) in [5.41, 5.74) is 1.88. The lowest BCUT2D eigenvalue weighted by Gasteiger charge is -2.17. The van der Waals surface area contributed by atoms with Crippen molar-refractivity contribution in [3.05, 3.63) is 57.4 Å². The summed E-state index contributed by atoms with van der Waals surface area (Å²) in [7, 11) is 1.72. The van der Waals surface area contributed by atoms with Crippen molar-refractivity contribution in [2.75, 3.05) is 12.4 Å². The molecule has 134 valence electrons. The molecule has 1 aromatic carbocycles. The second-order valence-corrected chi connectivity index (χ2v) is 8.20. The SMILES string of the molecule is CC(=O)N(C)Cc1ccccc1NC(=O)c1csc(-c2ccc(Cl)s2)n1. The molecule has 0 saturated carbocycles. The van der Waals surface area contributed by atoms with Crippen molar-refractivity contribution >= 4 is 51.8 Å². The van der Waals surface area contributed by atoms with Gasteiger partial charge in [0.05, 0.1) is 9.21 Å². The molecule has 0 saturated heterocycles. The zero-order valence-electron chi connectivity index (χ0n) is 14.2. The molecule has 1 N–H and O–H groups in total. The molecule has 0 bridgehead atoms. The minimum absolute atomic E-state index is 0.0371. The molecule has 2 aromatic heterocycles. The van der Waals surface area contributed by atoms with Gasteiger partial charge in [-0.1, -0.05) is 29.8 Å². The van der Waals surface area contributed by atoms with Gasteiger partial charge in [0.25, 0.3) is 5.91 Å². The van der Waals surface area contributed by atoms with Crippen LogP contribution < -0.4 is 5.32 Å². The number of amides is 2. The number of nitrogens with zero attached hydrogens (tertiary/aromatic N) is 2. The van der Waals surface area contributed by atoms with Crippen molar-refractivity contribution < 1.29 is 9.59 Å². The summed E-state index contributed by atoms with van der Waals surface area (Å²) in [6, 6.07) is 11.1. The van der Waals surface area contributed by atoms with Crippen LogP contribution in [0.4, 0.5) is 5.69 Å². The molecular formula is C18H16ClN3O2S2. The molecule has 3 aromatic rings. The van der Waals surface area contributed by atoms with Gasteiger partial charge in [-0.15, -0.1) is 22.7 Å². The van der Waals surface area contributed by atoms with E-state index < -0.39 is 0 Å². The predicted molar refractivity (Wildman–Crippen MR) is 107 cm³/mol. The van der Waals surface area contributed by atoms with E-state index in [4.69, 9.17) is 11.6 Å². The van der Waals surface area contributed by atoms with E-state index in [1.165, 1.54) is 29.6 Å². The van der Waals surface area contributed by atoms with Crippen molar-refractivity contribution in [1.82, 2.24) is 9.88 Å². The summed E-state index contributed by atoms with van der Waals surface area (Å²) >= 11 is 8.78. The summed E-state index contributed by atoms with van der Waals surface area (Å²) in [4.78, 5) is 31.0. The first-order chi connectivity index (χ1) is 12.4. The zero-order chi connectivity index (χ0) is 18.7. The van der Waals surface area contributed by atoms with Crippen LogP contribution in [-0.2, 0) is 11.3 Å². The van der Waals surface area contributed by atoms with Crippen LogP contribution in [0.25, 0.3) is 9.88 Å². The fourth-order valence-electron chi connectivity index (χ4n) is 2.25. The van der Waals surface area contributed by atoms with Crippen molar-refractivity contribution in [2.24, 2.45) is 0 Å². The van der Waals surface area contributed by atoms with E-state index in [-0.39, 0.29) is 11.8 Å². The monoisotopic (exact) mass is 405 g/mol. The van der Waals surface area contributed by atoms with Gasteiger partial charge in [0.2, 0.25) is 5.91 Å². The number of hydrogen-bond donors (Lipinski definition) is 1. The van der Waals surface area contributed by atoms with E-state index in [0.29, 0.717) is 22.3 Å². The molecule has 0 radical (unpaired) electrons. The summed E-state index contributed by atoms with van der Waals surface area (Å²) in [6.45, 7) is 1.93. The summed E-state index contributed by atoms with van der Waals surface area (Å²) in [5, 5.41) is 5.37. The molecule has 3 rings (SSSR count). The lowest BCUT2D eigenvalue weighted by atomic mass is 10.1. The van der Waals surface area contributed by atoms with E-state index in [1.807, 2.05) is 36.4 Å². The van der Waals surface area contributed by atoms with Gasteiger partial charge in [0.1, 0.15) is 10.7 Å². The van der Waals surface area contributed by atoms with Crippen LogP contribution in [0.15, 0.2) is 41.8 Å². The predicted octanol–water partition coefficient (Wildman–Crippen LogP) is 4.76. The Bertz CT molecular complexity index is 951. The van der Waals surface area contributed by atoms with Gasteiger partial charge in [-0.2, -0.15) is 0 Å². The minimum Gasteiger partial charge on any atom is -0.342 e. The van der Waals surface area contributed by atoms with Gasteiger partial charge in [-0.05, 0) is 23.8 Å². The van der Waals surface area contributed by atoms with Crippen molar-refractivity contribution in [3.63, 3.8) is 0 Å². The third-order valence-corrected chi connectivity index (χ3v) is 5.97. The molecule has 2 amide bonds. The van der Waals surface area contributed by atoms with Crippen LogP contribution in [0, 0.1) is 0 Å². The fourth-order valence-corrected chi connectivity index (χ4v) is 4.17. The Hall–Kier alpha value is -2.22. The van der Waals surface area contributed by atoms with Gasteiger partial charge in [-0.3, -0.25) is 9.59 Å². The summed E-state index contributed by atoms with van der Waals surface area (Å²) in [6.07, 6.45) is 0. The number of aromatic nitrogens is 1. The number of thiophene rings is 1. The average Bonchev–Trinajstić information content (AvgIpc) is 3.25. The lowest BCUT2D eigenvalue weighted by Crippen LogP contribution is -2.24. The number of carbonyl (C=O) groups excluding carboxylic acids is 2. The number of anilines is 1. The van der Waals surface area contributed by atoms with Crippen LogP contribution in [-0.4, -0.2) is 28.7 Å². The number of benzene rings is 1. The Labute approximate surface area is 164 Å². The van der Waals surface area contributed by atoms with Crippen LogP contribution in [0.5, 0.6) is 0 Å². The molecule has 0 aliphatic carbocycles. The second kappa shape index (κ2) is 7.99. The first-order valence-electron chi connectivity index (χ1n) is 7.76. The van der Waals surface area contributed by atoms with Crippen LogP contribution in [0.3, 0.4) is 0 Å². The molecule has 0 spiro atoms. The van der Waals surface area contributed by atoms with Crippen LogP contribution in [0.1, 0.15) is 23.0 Å². The third kappa shape index (κ3) is 4.30. The van der Waals surface area contributed by atoms with E-state index in [9.17, 15) is 9.59 Å². The first-order valence-corrected chi connectivity index (χ1v) is 9.83. The molecule has 5 nitrogen and oxygen atoms in total. The van der Waals surface area contributed by atoms with Crippen molar-refractivity contribution in [2.45, 2.75) is 13.5 Å². The van der Waals surface area contributed by atoms with Gasteiger partial charge < -0.3 is 10.2 Å². The number of carbonyl (C=O) groups is 2. The molecule has 8 heteroatoms. The summed E-state index contributed by atoms with van der Waals surface area (Å²) in [5.74, 6) is -0.321. The number of hydrogen-bond acceptors (Lipinski definition) is 5. The largest absolute Gasteiger partial charge is 0.342 e. The molecule has 0 atom stereocenters. The Morgan fingerprint density at radius 3 is 2.69 bits per heavy atom. The Kier molecular flexibility index (Phi) is 5.70. The molecule has 2 heterocycles. The zero-order valence-corrected chi connectivity index (χ0v) is 16.5. The second-order valence-electron chi connectivity index (χ2n) is 5.63. The number of para-hydroxylation sites is 1. The number of nitrogens with one attached hydrogen (secondary N) is 1. The molecule has 0 aliphatic rings. The highest BCUT2D eigenvalue weighted by Gasteiger charge is 2.15. The maximum Gasteiger partial charge on any atom is 0.275 e. The fraction of sp³-hybridized carbons (Fsp3) is 0.167. The number of halogens is 1. The maximum absolute atomic E-state index is 12.6. The Balaban J connectivity index is 1.76. The minimum atomic E-state index is -0.284. The Morgan fingerprint density at radius 2 is 2.00 bits per heavy atom. The molecule has 0 aliphatic heterocycles. The van der Waals surface area contributed by atoms with Gasteiger partial charge >= 0.3 is 0 Å². The smallest absolute Gasteiger partial charge is 0.275 e. The highest BCUT2D eigenvalue weighted by molar-refractivity contribution is 7.23. The van der Waals surface area contributed by atoms with Gasteiger partial charge in [-0.25, -0.2) is 4.98 Å². The molecular weight excluding hydrogens is 390 g/mol. The van der Waals surface area contributed by atoms with E-state index in [2.05, 4.69) is 10.3 Å². The van der Waals surface area contributed by atoms with Crippen LogP contribution >= 0.6 is 34.3 Å². The maximum atomic E-state index is 12.6. The number of thiazole rings is 1. The van der Waals surface area contributed by atoms with E-state index in [0.717, 1.165) is 15.4 Å². The lowest BCUT2D eigenvalue weighted by molar-refractivity contribution is -0.128. The molecule has 26 heavy (non-hydrogen) atoms. The van der Waals surface area contributed by atoms with Gasteiger partial charge in [0.15, 0.2) is 0 Å². The standard InChI is InChI=1S/C18H16ClN3O2S2/c1-11(23)22(2)9-12-5-3-4-6-13(12)20-17(24)14-10-25-18(21-14)15-7-8-16(19)26-15/h3-8,10H,9H2,1-2H3,(H,20,24). The van der Waals surface area contributed by atoms with Gasteiger partial charge in [0, 0.05) is 31.6 Å². The highest BCUT2D eigenvalue weighted by Crippen LogP contribution is 2.33. The van der Waals surface area contributed by atoms with Crippen molar-refractivity contribution in [1.29, 1.82) is 0 Å². The van der Waals surface area contributed by atoms with Crippen LogP contribution in [0.2, 0.25) is 4.34 Å². The normalized spacial score (nSPS) is 10.6. The van der Waals surface area contributed by atoms with Crippen molar-refractivity contribution in [3.8, 4) is 9.88 Å². The topological polar surface area (TPSA) is 62.3 Å². The summed E-state index contributed by atoms with van der Waals surface area (Å²) < 4.78 is 0.685. The highest BCUT2D eigenvalue weighted by atomic mass is 35.5.